The van der Waals surface area contributed by atoms with Crippen LogP contribution in [-0.2, 0) is 8.37 Å². The molecule has 0 saturated heterocycles. The molecule has 0 aliphatic carbocycles. The van der Waals surface area contributed by atoms with Gasteiger partial charge in [-0.3, -0.25) is 0 Å². The topological polar surface area (TPSA) is 18.5 Å². The second-order valence-electron chi connectivity index (χ2n) is 4.13. The first-order chi connectivity index (χ1) is 9.82. The van der Waals surface area contributed by atoms with Gasteiger partial charge in [-0.15, -0.1) is 0 Å². The maximum absolute atomic E-state index is 5.61. The highest BCUT2D eigenvalue weighted by molar-refractivity contribution is 8.00. The van der Waals surface area contributed by atoms with E-state index in [1.807, 2.05) is 27.7 Å². The molecule has 0 aromatic heterocycles. The lowest BCUT2D eigenvalue weighted by molar-refractivity contribution is 0.513. The molecular formula is C12H12Cl6O2S2. The lowest BCUT2D eigenvalue weighted by Gasteiger charge is -2.11. The van der Waals surface area contributed by atoms with Gasteiger partial charge in [-0.25, -0.2) is 0 Å². The van der Waals surface area contributed by atoms with Crippen molar-refractivity contribution in [2.75, 3.05) is 0 Å². The molecule has 0 radical (unpaired) electrons. The number of allylic oxidation sites excluding steroid dienone is 4. The van der Waals surface area contributed by atoms with Gasteiger partial charge in [0.1, 0.15) is 24.1 Å². The summed E-state index contributed by atoms with van der Waals surface area (Å²) in [5.74, 6) is 6.28. The van der Waals surface area contributed by atoms with Crippen molar-refractivity contribution in [1.82, 2.24) is 0 Å². The molecule has 0 atom stereocenters. The van der Waals surface area contributed by atoms with E-state index in [2.05, 4.69) is 11.8 Å². The molecular weight excluding hydrogens is 453 g/mol. The lowest BCUT2D eigenvalue weighted by Crippen LogP contribution is -1.98. The standard InChI is InChI=1S/C12H12Cl6O2S2/c1-7(2)9(19-21-11(13,14)15)5-6-10(8(3)4)20-22-12(16,17)18/h1-4H3. The first-order valence-electron chi connectivity index (χ1n) is 5.53. The van der Waals surface area contributed by atoms with E-state index in [9.17, 15) is 0 Å². The lowest BCUT2D eigenvalue weighted by atomic mass is 10.2. The largest absolute Gasteiger partial charge is 0.412 e. The van der Waals surface area contributed by atoms with Gasteiger partial charge >= 0.3 is 0 Å². The number of rotatable bonds is 4. The van der Waals surface area contributed by atoms with Crippen LogP contribution in [-0.4, -0.2) is 6.25 Å². The minimum Gasteiger partial charge on any atom is -0.412 e. The van der Waals surface area contributed by atoms with Crippen LogP contribution in [0.15, 0.2) is 22.7 Å². The molecule has 22 heavy (non-hydrogen) atoms. The van der Waals surface area contributed by atoms with E-state index in [-0.39, 0.29) is 0 Å². The molecule has 0 aromatic carbocycles. The zero-order chi connectivity index (χ0) is 17.6. The van der Waals surface area contributed by atoms with Gasteiger partial charge in [0.25, 0.3) is 6.25 Å². The van der Waals surface area contributed by atoms with E-state index in [0.29, 0.717) is 35.6 Å². The number of hydrogen-bond donors (Lipinski definition) is 0. The van der Waals surface area contributed by atoms with Crippen molar-refractivity contribution in [2.24, 2.45) is 0 Å². The molecule has 126 valence electrons. The predicted molar refractivity (Wildman–Crippen MR) is 102 cm³/mol. The molecule has 0 heterocycles. The summed E-state index contributed by atoms with van der Waals surface area (Å²) in [5, 5.41) is 0. The van der Waals surface area contributed by atoms with Crippen LogP contribution in [0, 0.1) is 11.8 Å². The molecule has 10 heteroatoms. The Morgan fingerprint density at radius 2 is 0.955 bits per heavy atom. The van der Waals surface area contributed by atoms with Crippen molar-refractivity contribution < 1.29 is 8.37 Å². The molecule has 0 spiro atoms. The van der Waals surface area contributed by atoms with Gasteiger partial charge in [-0.2, -0.15) is 0 Å². The normalized spacial score (nSPS) is 11.2. The van der Waals surface area contributed by atoms with Crippen LogP contribution >= 0.6 is 93.7 Å². The molecule has 0 saturated carbocycles. The van der Waals surface area contributed by atoms with Crippen molar-refractivity contribution >= 4 is 93.7 Å². The van der Waals surface area contributed by atoms with E-state index in [1.165, 1.54) is 0 Å². The third-order valence-electron chi connectivity index (χ3n) is 1.64. The van der Waals surface area contributed by atoms with E-state index >= 15 is 0 Å². The maximum Gasteiger partial charge on any atom is 0.274 e. The van der Waals surface area contributed by atoms with Crippen molar-refractivity contribution in [3.8, 4) is 11.8 Å². The molecule has 0 aliphatic rings. The monoisotopic (exact) mass is 462 g/mol. The Bertz CT molecular complexity index is 456. The zero-order valence-electron chi connectivity index (χ0n) is 11.9. The summed E-state index contributed by atoms with van der Waals surface area (Å²) in [6, 6.07) is 0. The van der Waals surface area contributed by atoms with Crippen LogP contribution < -0.4 is 0 Å². The van der Waals surface area contributed by atoms with Gasteiger partial charge in [0.05, 0.1) is 0 Å². The van der Waals surface area contributed by atoms with Crippen LogP contribution in [0.2, 0.25) is 0 Å². The molecule has 0 aliphatic heterocycles. The molecule has 0 fully saturated rings. The number of alkyl halides is 6. The molecule has 0 bridgehead atoms. The Morgan fingerprint density at radius 3 is 1.14 bits per heavy atom. The second kappa shape index (κ2) is 10.2. The van der Waals surface area contributed by atoms with Crippen LogP contribution in [0.4, 0.5) is 0 Å². The minimum atomic E-state index is -1.61. The number of halogens is 6. The fourth-order valence-electron chi connectivity index (χ4n) is 0.750. The van der Waals surface area contributed by atoms with Crippen molar-refractivity contribution in [3.05, 3.63) is 22.7 Å². The predicted octanol–water partition coefficient (Wildman–Crippen LogP) is 7.56. The summed E-state index contributed by atoms with van der Waals surface area (Å²) in [6.07, 6.45) is 0. The Labute approximate surface area is 169 Å². The number of hydrogen-bond acceptors (Lipinski definition) is 4. The van der Waals surface area contributed by atoms with E-state index < -0.39 is 6.25 Å². The SMILES string of the molecule is CC(C)=C(C#CC(OSC(Cl)(Cl)Cl)=C(C)C)OSC(Cl)(Cl)Cl. The highest BCUT2D eigenvalue weighted by atomic mass is 35.6. The summed E-state index contributed by atoms with van der Waals surface area (Å²) >= 11 is 35.0. The van der Waals surface area contributed by atoms with E-state index in [1.54, 1.807) is 0 Å². The van der Waals surface area contributed by atoms with Crippen LogP contribution in [0.3, 0.4) is 0 Å². The van der Waals surface area contributed by atoms with Crippen molar-refractivity contribution in [1.29, 1.82) is 0 Å². The van der Waals surface area contributed by atoms with E-state index in [0.717, 1.165) is 11.1 Å². The first-order valence-corrected chi connectivity index (χ1v) is 9.28. The highest BCUT2D eigenvalue weighted by Gasteiger charge is 2.24. The Balaban J connectivity index is 5.09. The molecule has 2 nitrogen and oxygen atoms in total. The summed E-state index contributed by atoms with van der Waals surface area (Å²) in [5.41, 5.74) is 1.60. The molecule has 0 amide bonds. The zero-order valence-corrected chi connectivity index (χ0v) is 18.1. The molecule has 0 aromatic rings. The molecule has 0 N–H and O–H groups in total. The highest BCUT2D eigenvalue weighted by Crippen LogP contribution is 2.41. The van der Waals surface area contributed by atoms with Gasteiger partial charge in [0.2, 0.25) is 0 Å². The van der Waals surface area contributed by atoms with Gasteiger partial charge in [0, 0.05) is 0 Å². The maximum atomic E-state index is 5.61. The summed E-state index contributed by atoms with van der Waals surface area (Å²) in [6.45, 7) is 7.23. The fourth-order valence-corrected chi connectivity index (χ4v) is 2.09. The fraction of sp³-hybridized carbons (Fsp3) is 0.500. The average Bonchev–Trinajstić information content (AvgIpc) is 2.28. The molecule has 0 unspecified atom stereocenters. The van der Waals surface area contributed by atoms with Gasteiger partial charge < -0.3 is 8.37 Å². The Morgan fingerprint density at radius 1 is 0.682 bits per heavy atom. The van der Waals surface area contributed by atoms with Crippen LogP contribution in [0.5, 0.6) is 0 Å². The van der Waals surface area contributed by atoms with Gasteiger partial charge in [0.15, 0.2) is 11.5 Å². The average molecular weight is 465 g/mol. The quantitative estimate of drug-likeness (QED) is 0.185. The Hall–Kier alpha value is 1.08. The minimum absolute atomic E-state index is 0.345. The molecule has 0 rings (SSSR count). The van der Waals surface area contributed by atoms with Crippen LogP contribution in [0.25, 0.3) is 0 Å². The summed E-state index contributed by atoms with van der Waals surface area (Å²) < 4.78 is 7.40. The van der Waals surface area contributed by atoms with Crippen LogP contribution in [0.1, 0.15) is 27.7 Å². The first kappa shape index (κ1) is 23.1. The third kappa shape index (κ3) is 12.5. The van der Waals surface area contributed by atoms with Gasteiger partial charge in [-0.1, -0.05) is 69.6 Å². The van der Waals surface area contributed by atoms with Gasteiger partial charge in [-0.05, 0) is 50.7 Å². The third-order valence-corrected chi connectivity index (χ3v) is 3.65. The van der Waals surface area contributed by atoms with Crippen molar-refractivity contribution in [3.63, 3.8) is 0 Å². The van der Waals surface area contributed by atoms with E-state index in [4.69, 9.17) is 78.0 Å². The second-order valence-corrected chi connectivity index (χ2v) is 11.9. The Kier molecular flexibility index (Phi) is 10.7. The van der Waals surface area contributed by atoms with Crippen molar-refractivity contribution in [2.45, 2.75) is 33.9 Å². The smallest absolute Gasteiger partial charge is 0.274 e. The summed E-state index contributed by atoms with van der Waals surface area (Å²) in [4.78, 5) is 0. The summed E-state index contributed by atoms with van der Waals surface area (Å²) in [7, 11) is 0.